The SMILES string of the molecule is CS(=O)(=O)CCC(NC(=O)c1ccc2c(Cl)c[nH]c2c1)C(=O)Nc1ccc(N2CCCCC2=O)cc1. The minimum absolute atomic E-state index is 0.0707. The molecule has 11 heteroatoms. The van der Waals surface area contributed by atoms with Gasteiger partial charge in [-0.2, -0.15) is 0 Å². The molecule has 1 fully saturated rings. The Morgan fingerprint density at radius 3 is 2.58 bits per heavy atom. The van der Waals surface area contributed by atoms with Gasteiger partial charge in [-0.05, 0) is 55.7 Å². The predicted molar refractivity (Wildman–Crippen MR) is 140 cm³/mol. The maximum absolute atomic E-state index is 13.0. The van der Waals surface area contributed by atoms with Crippen molar-refractivity contribution in [1.82, 2.24) is 10.3 Å². The van der Waals surface area contributed by atoms with Crippen molar-refractivity contribution in [3.8, 4) is 0 Å². The van der Waals surface area contributed by atoms with Crippen LogP contribution in [0.15, 0.2) is 48.7 Å². The van der Waals surface area contributed by atoms with E-state index in [0.717, 1.165) is 30.2 Å². The van der Waals surface area contributed by atoms with Crippen LogP contribution in [0.2, 0.25) is 5.02 Å². The van der Waals surface area contributed by atoms with Crippen molar-refractivity contribution in [2.45, 2.75) is 31.7 Å². The molecule has 2 heterocycles. The molecule has 3 amide bonds. The van der Waals surface area contributed by atoms with Crippen LogP contribution in [0.1, 0.15) is 36.0 Å². The molecule has 2 aromatic carbocycles. The highest BCUT2D eigenvalue weighted by Gasteiger charge is 2.24. The number of rotatable bonds is 8. The molecular weight excluding hydrogens is 504 g/mol. The van der Waals surface area contributed by atoms with Gasteiger partial charge in [0.1, 0.15) is 15.9 Å². The summed E-state index contributed by atoms with van der Waals surface area (Å²) in [4.78, 5) is 42.8. The molecule has 3 aromatic rings. The highest BCUT2D eigenvalue weighted by molar-refractivity contribution is 7.90. The number of aromatic amines is 1. The maximum atomic E-state index is 13.0. The number of benzene rings is 2. The van der Waals surface area contributed by atoms with Gasteiger partial charge in [0.15, 0.2) is 0 Å². The van der Waals surface area contributed by atoms with Gasteiger partial charge in [0.2, 0.25) is 11.8 Å². The Hall–Kier alpha value is -3.37. The van der Waals surface area contributed by atoms with Crippen LogP contribution in [0.25, 0.3) is 10.9 Å². The number of fused-ring (bicyclic) bond motifs is 1. The largest absolute Gasteiger partial charge is 0.360 e. The Labute approximate surface area is 214 Å². The van der Waals surface area contributed by atoms with Gasteiger partial charge in [-0.15, -0.1) is 0 Å². The number of anilines is 2. The van der Waals surface area contributed by atoms with Gasteiger partial charge >= 0.3 is 0 Å². The Morgan fingerprint density at radius 1 is 1.14 bits per heavy atom. The highest BCUT2D eigenvalue weighted by Crippen LogP contribution is 2.24. The molecule has 1 aliphatic rings. The normalized spacial score (nSPS) is 15.1. The molecular formula is C25H27ClN4O5S. The van der Waals surface area contributed by atoms with Gasteiger partial charge in [-0.25, -0.2) is 8.42 Å². The summed E-state index contributed by atoms with van der Waals surface area (Å²) in [6.45, 7) is 0.657. The third kappa shape index (κ3) is 6.24. The van der Waals surface area contributed by atoms with Gasteiger partial charge in [0, 0.05) is 53.3 Å². The summed E-state index contributed by atoms with van der Waals surface area (Å²) in [7, 11) is -3.36. The van der Waals surface area contributed by atoms with Crippen LogP contribution in [0.5, 0.6) is 0 Å². The van der Waals surface area contributed by atoms with Crippen LogP contribution < -0.4 is 15.5 Å². The number of amides is 3. The molecule has 1 aliphatic heterocycles. The van der Waals surface area contributed by atoms with Crippen LogP contribution in [0.4, 0.5) is 11.4 Å². The van der Waals surface area contributed by atoms with E-state index in [1.54, 1.807) is 53.6 Å². The number of carbonyl (C=O) groups excluding carboxylic acids is 3. The Kier molecular flexibility index (Phi) is 7.65. The first-order chi connectivity index (χ1) is 17.1. The van der Waals surface area contributed by atoms with Crippen molar-refractivity contribution in [3.05, 3.63) is 59.2 Å². The van der Waals surface area contributed by atoms with E-state index in [1.807, 2.05) is 0 Å². The lowest BCUT2D eigenvalue weighted by Gasteiger charge is -2.27. The van der Waals surface area contributed by atoms with Crippen molar-refractivity contribution in [1.29, 1.82) is 0 Å². The van der Waals surface area contributed by atoms with Crippen molar-refractivity contribution in [2.24, 2.45) is 0 Å². The Balaban J connectivity index is 1.47. The molecule has 1 atom stereocenters. The molecule has 0 aliphatic carbocycles. The summed E-state index contributed by atoms with van der Waals surface area (Å²) >= 11 is 6.09. The smallest absolute Gasteiger partial charge is 0.252 e. The number of carbonyl (C=O) groups is 3. The van der Waals surface area contributed by atoms with Gasteiger partial charge in [0.25, 0.3) is 5.91 Å². The van der Waals surface area contributed by atoms with E-state index >= 15 is 0 Å². The lowest BCUT2D eigenvalue weighted by Crippen LogP contribution is -2.44. The summed E-state index contributed by atoms with van der Waals surface area (Å²) in [5.41, 5.74) is 2.18. The lowest BCUT2D eigenvalue weighted by atomic mass is 10.1. The van der Waals surface area contributed by atoms with E-state index in [1.165, 1.54) is 0 Å². The van der Waals surface area contributed by atoms with E-state index in [0.29, 0.717) is 34.8 Å². The molecule has 3 N–H and O–H groups in total. The maximum Gasteiger partial charge on any atom is 0.252 e. The zero-order chi connectivity index (χ0) is 25.9. The van der Waals surface area contributed by atoms with Crippen LogP contribution in [-0.4, -0.2) is 55.7 Å². The molecule has 0 spiro atoms. The monoisotopic (exact) mass is 530 g/mol. The number of nitrogens with one attached hydrogen (secondary N) is 3. The zero-order valence-corrected chi connectivity index (χ0v) is 21.3. The van der Waals surface area contributed by atoms with E-state index in [2.05, 4.69) is 15.6 Å². The van der Waals surface area contributed by atoms with Gasteiger partial charge in [-0.3, -0.25) is 14.4 Å². The Bertz CT molecular complexity index is 1400. The predicted octanol–water partition coefficient (Wildman–Crippen LogP) is 3.51. The van der Waals surface area contributed by atoms with Crippen molar-refractivity contribution >= 4 is 61.4 Å². The van der Waals surface area contributed by atoms with Crippen molar-refractivity contribution in [3.63, 3.8) is 0 Å². The fourth-order valence-electron chi connectivity index (χ4n) is 4.11. The molecule has 0 bridgehead atoms. The number of sulfone groups is 1. The molecule has 0 saturated carbocycles. The lowest BCUT2D eigenvalue weighted by molar-refractivity contribution is -0.119. The summed E-state index contributed by atoms with van der Waals surface area (Å²) < 4.78 is 23.5. The molecule has 1 aromatic heterocycles. The molecule has 36 heavy (non-hydrogen) atoms. The zero-order valence-electron chi connectivity index (χ0n) is 19.7. The fourth-order valence-corrected chi connectivity index (χ4v) is 4.99. The van der Waals surface area contributed by atoms with E-state index in [4.69, 9.17) is 11.6 Å². The summed E-state index contributed by atoms with van der Waals surface area (Å²) in [6.07, 6.45) is 4.94. The average Bonchev–Trinajstić information content (AvgIpc) is 3.22. The van der Waals surface area contributed by atoms with E-state index < -0.39 is 27.7 Å². The second-order valence-electron chi connectivity index (χ2n) is 8.88. The minimum Gasteiger partial charge on any atom is -0.360 e. The molecule has 1 saturated heterocycles. The first-order valence-corrected chi connectivity index (χ1v) is 14.0. The van der Waals surface area contributed by atoms with Crippen LogP contribution >= 0.6 is 11.6 Å². The molecule has 4 rings (SSSR count). The van der Waals surface area contributed by atoms with Crippen LogP contribution in [0.3, 0.4) is 0 Å². The van der Waals surface area contributed by atoms with Gasteiger partial charge in [0.05, 0.1) is 10.8 Å². The number of piperidine rings is 1. The quantitative estimate of drug-likeness (QED) is 0.410. The van der Waals surface area contributed by atoms with E-state index in [-0.39, 0.29) is 18.1 Å². The standard InChI is InChI=1S/C25H27ClN4O5S/c1-36(34,35)13-11-21(29-24(32)16-5-10-19-20(26)15-27-22(19)14-16)25(33)28-17-6-8-18(9-7-17)30-12-3-2-4-23(30)31/h5-10,14-15,21,27H,2-4,11-13H2,1H3,(H,28,33)(H,29,32). The average molecular weight is 531 g/mol. The van der Waals surface area contributed by atoms with Crippen LogP contribution in [-0.2, 0) is 19.4 Å². The van der Waals surface area contributed by atoms with Crippen molar-refractivity contribution in [2.75, 3.05) is 28.8 Å². The van der Waals surface area contributed by atoms with Crippen molar-refractivity contribution < 1.29 is 22.8 Å². The fraction of sp³-hybridized carbons (Fsp3) is 0.320. The number of H-pyrrole nitrogens is 1. The number of hydrogen-bond acceptors (Lipinski definition) is 5. The van der Waals surface area contributed by atoms with E-state index in [9.17, 15) is 22.8 Å². The molecule has 1 unspecified atom stereocenters. The minimum atomic E-state index is -3.36. The molecule has 0 radical (unpaired) electrons. The summed E-state index contributed by atoms with van der Waals surface area (Å²) in [5.74, 6) is -1.26. The van der Waals surface area contributed by atoms with Gasteiger partial charge in [-0.1, -0.05) is 17.7 Å². The molecule has 190 valence electrons. The third-order valence-electron chi connectivity index (χ3n) is 6.06. The number of aromatic nitrogens is 1. The first-order valence-electron chi connectivity index (χ1n) is 11.6. The Morgan fingerprint density at radius 2 is 1.89 bits per heavy atom. The summed E-state index contributed by atoms with van der Waals surface area (Å²) in [5, 5.41) is 6.67. The van der Waals surface area contributed by atoms with Gasteiger partial charge < -0.3 is 20.5 Å². The number of halogens is 1. The topological polar surface area (TPSA) is 128 Å². The second-order valence-corrected chi connectivity index (χ2v) is 11.5. The highest BCUT2D eigenvalue weighted by atomic mass is 35.5. The summed E-state index contributed by atoms with van der Waals surface area (Å²) in [6, 6.07) is 10.7. The molecule has 9 nitrogen and oxygen atoms in total. The first kappa shape index (κ1) is 25.7. The second kappa shape index (κ2) is 10.7. The number of nitrogens with zero attached hydrogens (tertiary/aromatic N) is 1. The van der Waals surface area contributed by atoms with Crippen LogP contribution in [0, 0.1) is 0 Å². The number of hydrogen-bond donors (Lipinski definition) is 3. The third-order valence-corrected chi connectivity index (χ3v) is 7.35.